The number of nitrogens with one attached hydrogen (secondary N) is 1. The number of carbonyl (C=O) groups is 1. The molecule has 124 valence electrons. The van der Waals surface area contributed by atoms with Crippen LogP contribution in [0, 0.1) is 6.92 Å². The van der Waals surface area contributed by atoms with Crippen molar-refractivity contribution < 1.29 is 14.6 Å². The molecule has 0 aliphatic rings. The summed E-state index contributed by atoms with van der Waals surface area (Å²) in [7, 11) is 1.62. The average Bonchev–Trinajstić information content (AvgIpc) is 2.97. The summed E-state index contributed by atoms with van der Waals surface area (Å²) in [5, 5.41) is 9.21. The Morgan fingerprint density at radius 1 is 1.39 bits per heavy atom. The highest BCUT2D eigenvalue weighted by atomic mass is 16.5. The van der Waals surface area contributed by atoms with Crippen LogP contribution in [-0.4, -0.2) is 46.1 Å². The molecule has 2 aromatic rings. The van der Waals surface area contributed by atoms with E-state index in [0.717, 1.165) is 22.7 Å². The van der Waals surface area contributed by atoms with Crippen LogP contribution < -0.4 is 4.74 Å². The number of amides is 1. The number of aryl methyl sites for hydroxylation is 2. The van der Waals surface area contributed by atoms with E-state index in [9.17, 15) is 9.90 Å². The van der Waals surface area contributed by atoms with E-state index in [-0.39, 0.29) is 12.5 Å². The van der Waals surface area contributed by atoms with Gasteiger partial charge in [-0.3, -0.25) is 4.79 Å². The van der Waals surface area contributed by atoms with Crippen molar-refractivity contribution in [2.45, 2.75) is 26.3 Å². The highest BCUT2D eigenvalue weighted by molar-refractivity contribution is 5.76. The minimum absolute atomic E-state index is 0.00708. The van der Waals surface area contributed by atoms with Crippen molar-refractivity contribution in [3.8, 4) is 5.75 Å². The Labute approximate surface area is 136 Å². The molecule has 1 amide bonds. The summed E-state index contributed by atoms with van der Waals surface area (Å²) in [5.41, 5.74) is 2.76. The van der Waals surface area contributed by atoms with E-state index in [0.29, 0.717) is 25.9 Å². The highest BCUT2D eigenvalue weighted by Crippen LogP contribution is 2.19. The first-order valence-electron chi connectivity index (χ1n) is 7.65. The number of hydrogen-bond acceptors (Lipinski definition) is 4. The van der Waals surface area contributed by atoms with Gasteiger partial charge in [-0.15, -0.1) is 0 Å². The lowest BCUT2D eigenvalue weighted by molar-refractivity contribution is -0.132. The fourth-order valence-corrected chi connectivity index (χ4v) is 2.45. The average molecular weight is 317 g/mol. The molecule has 0 aliphatic heterocycles. The van der Waals surface area contributed by atoms with Gasteiger partial charge in [0.05, 0.1) is 32.3 Å². The zero-order chi connectivity index (χ0) is 16.7. The predicted molar refractivity (Wildman–Crippen MR) is 87.1 cm³/mol. The van der Waals surface area contributed by atoms with Crippen molar-refractivity contribution in [3.05, 3.63) is 47.5 Å². The van der Waals surface area contributed by atoms with Crippen molar-refractivity contribution in [3.63, 3.8) is 0 Å². The molecule has 0 radical (unpaired) electrons. The lowest BCUT2D eigenvalue weighted by Gasteiger charge is -2.21. The van der Waals surface area contributed by atoms with Crippen LogP contribution in [-0.2, 0) is 17.8 Å². The second-order valence-corrected chi connectivity index (χ2v) is 5.32. The normalized spacial score (nSPS) is 10.6. The number of methoxy groups -OCH3 is 1. The predicted octanol–water partition coefficient (Wildman–Crippen LogP) is 1.68. The molecule has 0 bridgehead atoms. The number of aromatic nitrogens is 2. The SMILES string of the molecule is COc1ccccc1CCC(=O)N(CCO)Cc1nc[nH]c1C. The second kappa shape index (κ2) is 8.33. The summed E-state index contributed by atoms with van der Waals surface area (Å²) >= 11 is 0. The Kier molecular flexibility index (Phi) is 6.17. The lowest BCUT2D eigenvalue weighted by atomic mass is 10.1. The molecular formula is C17H23N3O3. The standard InChI is InChI=1S/C17H23N3O3/c1-13-15(19-12-18-13)11-20(9-10-21)17(22)8-7-14-5-3-4-6-16(14)23-2/h3-6,12,21H,7-11H2,1-2H3,(H,18,19). The number of carbonyl (C=O) groups excluding carboxylic acids is 1. The number of aliphatic hydroxyl groups excluding tert-OH is 1. The molecule has 0 aliphatic carbocycles. The maximum absolute atomic E-state index is 12.5. The van der Waals surface area contributed by atoms with Crippen LogP contribution in [0.15, 0.2) is 30.6 Å². The van der Waals surface area contributed by atoms with Crippen molar-refractivity contribution in [2.75, 3.05) is 20.3 Å². The van der Waals surface area contributed by atoms with Gasteiger partial charge in [-0.2, -0.15) is 0 Å². The van der Waals surface area contributed by atoms with Crippen molar-refractivity contribution in [1.29, 1.82) is 0 Å². The van der Waals surface area contributed by atoms with Crippen LogP contribution in [0.1, 0.15) is 23.4 Å². The third kappa shape index (κ3) is 4.56. The largest absolute Gasteiger partial charge is 0.496 e. The summed E-state index contributed by atoms with van der Waals surface area (Å²) in [4.78, 5) is 21.3. The van der Waals surface area contributed by atoms with Crippen LogP contribution in [0.4, 0.5) is 0 Å². The van der Waals surface area contributed by atoms with Crippen LogP contribution >= 0.6 is 0 Å². The summed E-state index contributed by atoms with van der Waals surface area (Å²) in [6.45, 7) is 2.56. The monoisotopic (exact) mass is 317 g/mol. The first kappa shape index (κ1) is 17.0. The number of aromatic amines is 1. The van der Waals surface area contributed by atoms with E-state index < -0.39 is 0 Å². The van der Waals surface area contributed by atoms with Gasteiger partial charge in [0.15, 0.2) is 0 Å². The third-order valence-electron chi connectivity index (χ3n) is 3.80. The highest BCUT2D eigenvalue weighted by Gasteiger charge is 2.16. The van der Waals surface area contributed by atoms with Crippen LogP contribution in [0.3, 0.4) is 0 Å². The molecule has 1 aromatic heterocycles. The van der Waals surface area contributed by atoms with E-state index in [1.54, 1.807) is 18.3 Å². The van der Waals surface area contributed by atoms with Gasteiger partial charge in [0.2, 0.25) is 5.91 Å². The van der Waals surface area contributed by atoms with Gasteiger partial charge in [-0.25, -0.2) is 4.98 Å². The first-order chi connectivity index (χ1) is 11.2. The number of H-pyrrole nitrogens is 1. The molecule has 2 rings (SSSR count). The number of ether oxygens (including phenoxy) is 1. The smallest absolute Gasteiger partial charge is 0.223 e. The number of aliphatic hydroxyl groups is 1. The van der Waals surface area contributed by atoms with Crippen LogP contribution in [0.5, 0.6) is 5.75 Å². The summed E-state index contributed by atoms with van der Waals surface area (Å²) < 4.78 is 5.31. The Balaban J connectivity index is 1.99. The molecule has 0 spiro atoms. The first-order valence-corrected chi connectivity index (χ1v) is 7.65. The van der Waals surface area contributed by atoms with E-state index in [1.807, 2.05) is 31.2 Å². The molecule has 0 atom stereocenters. The molecule has 1 aromatic carbocycles. The van der Waals surface area contributed by atoms with Gasteiger partial charge in [-0.05, 0) is 25.0 Å². The Morgan fingerprint density at radius 3 is 2.83 bits per heavy atom. The second-order valence-electron chi connectivity index (χ2n) is 5.32. The van der Waals surface area contributed by atoms with Gasteiger partial charge in [-0.1, -0.05) is 18.2 Å². The van der Waals surface area contributed by atoms with Gasteiger partial charge in [0.1, 0.15) is 5.75 Å². The van der Waals surface area contributed by atoms with Gasteiger partial charge >= 0.3 is 0 Å². The van der Waals surface area contributed by atoms with Gasteiger partial charge in [0, 0.05) is 18.7 Å². The quantitative estimate of drug-likeness (QED) is 0.776. The summed E-state index contributed by atoms with van der Waals surface area (Å²) in [6, 6.07) is 7.68. The number of hydrogen-bond donors (Lipinski definition) is 2. The number of rotatable bonds is 8. The minimum Gasteiger partial charge on any atom is -0.496 e. The lowest BCUT2D eigenvalue weighted by Crippen LogP contribution is -2.33. The number of benzene rings is 1. The Morgan fingerprint density at radius 2 is 2.17 bits per heavy atom. The van der Waals surface area contributed by atoms with Gasteiger partial charge < -0.3 is 19.7 Å². The third-order valence-corrected chi connectivity index (χ3v) is 3.80. The maximum atomic E-state index is 12.5. The van der Waals surface area contributed by atoms with Crippen LogP contribution in [0.25, 0.3) is 0 Å². The number of para-hydroxylation sites is 1. The molecule has 0 unspecified atom stereocenters. The molecule has 23 heavy (non-hydrogen) atoms. The molecule has 6 heteroatoms. The zero-order valence-electron chi connectivity index (χ0n) is 13.6. The molecular weight excluding hydrogens is 294 g/mol. The summed E-state index contributed by atoms with van der Waals surface area (Å²) in [5.74, 6) is 0.782. The molecule has 0 saturated carbocycles. The van der Waals surface area contributed by atoms with Crippen molar-refractivity contribution in [1.82, 2.24) is 14.9 Å². The Hall–Kier alpha value is -2.34. The molecule has 6 nitrogen and oxygen atoms in total. The maximum Gasteiger partial charge on any atom is 0.223 e. The van der Waals surface area contributed by atoms with Crippen molar-refractivity contribution >= 4 is 5.91 Å². The molecule has 1 heterocycles. The molecule has 0 fully saturated rings. The number of nitrogens with zero attached hydrogens (tertiary/aromatic N) is 2. The fourth-order valence-electron chi connectivity index (χ4n) is 2.45. The zero-order valence-corrected chi connectivity index (χ0v) is 13.6. The number of imidazole rings is 1. The van der Waals surface area contributed by atoms with E-state index >= 15 is 0 Å². The molecule has 2 N–H and O–H groups in total. The van der Waals surface area contributed by atoms with Gasteiger partial charge in [0.25, 0.3) is 0 Å². The van der Waals surface area contributed by atoms with Crippen molar-refractivity contribution in [2.24, 2.45) is 0 Å². The fraction of sp³-hybridized carbons (Fsp3) is 0.412. The molecule has 0 saturated heterocycles. The van der Waals surface area contributed by atoms with E-state index in [2.05, 4.69) is 9.97 Å². The Bertz CT molecular complexity index is 640. The topological polar surface area (TPSA) is 78.4 Å². The van der Waals surface area contributed by atoms with E-state index in [4.69, 9.17) is 4.74 Å². The summed E-state index contributed by atoms with van der Waals surface area (Å²) in [6.07, 6.45) is 2.58. The minimum atomic E-state index is -0.0656. The van der Waals surface area contributed by atoms with Crippen LogP contribution in [0.2, 0.25) is 0 Å². The van der Waals surface area contributed by atoms with E-state index in [1.165, 1.54) is 0 Å².